The molecule has 35 heavy (non-hydrogen) atoms. The first-order valence-electron chi connectivity index (χ1n) is 11.2. The lowest BCUT2D eigenvalue weighted by Crippen LogP contribution is -2.17. The summed E-state index contributed by atoms with van der Waals surface area (Å²) in [4.78, 5) is 27.9. The van der Waals surface area contributed by atoms with Crippen LogP contribution in [-0.2, 0) is 6.54 Å². The lowest BCUT2D eigenvalue weighted by atomic mass is 10.0. The van der Waals surface area contributed by atoms with E-state index in [0.717, 1.165) is 23.2 Å². The van der Waals surface area contributed by atoms with Crippen LogP contribution < -0.4 is 10.6 Å². The zero-order valence-corrected chi connectivity index (χ0v) is 19.6. The van der Waals surface area contributed by atoms with Crippen molar-refractivity contribution in [2.24, 2.45) is 0 Å². The van der Waals surface area contributed by atoms with Crippen LogP contribution in [0.15, 0.2) is 97.1 Å². The number of hydrogen-bond acceptors (Lipinski definition) is 3. The van der Waals surface area contributed by atoms with Crippen LogP contribution in [0.2, 0.25) is 0 Å². The number of anilines is 2. The number of rotatable bonds is 7. The van der Waals surface area contributed by atoms with Gasteiger partial charge in [0.05, 0.1) is 11.4 Å². The molecule has 0 aliphatic carbocycles. The Bertz CT molecular complexity index is 1320. The van der Waals surface area contributed by atoms with E-state index in [0.29, 0.717) is 22.5 Å². The predicted octanol–water partition coefficient (Wildman–Crippen LogP) is 6.06. The molecule has 0 aliphatic rings. The molecule has 0 atom stereocenters. The Morgan fingerprint density at radius 1 is 0.686 bits per heavy atom. The van der Waals surface area contributed by atoms with Gasteiger partial charge in [-0.05, 0) is 79.3 Å². The summed E-state index contributed by atoms with van der Waals surface area (Å²) in [5.41, 5.74) is 4.70. The zero-order valence-electron chi connectivity index (χ0n) is 19.6. The molecule has 0 saturated heterocycles. The molecule has 4 aromatic carbocycles. The average molecular weight is 468 g/mol. The number of nitrogens with zero attached hydrogens (tertiary/aromatic N) is 1. The first-order chi connectivity index (χ1) is 16.9. The first-order valence-corrected chi connectivity index (χ1v) is 11.2. The second-order valence-corrected chi connectivity index (χ2v) is 8.48. The van der Waals surface area contributed by atoms with Gasteiger partial charge >= 0.3 is 0 Å². The van der Waals surface area contributed by atoms with E-state index >= 15 is 0 Å². The van der Waals surface area contributed by atoms with Crippen LogP contribution in [0.1, 0.15) is 26.3 Å². The lowest BCUT2D eigenvalue weighted by molar-refractivity contribution is 0.101. The Balaban J connectivity index is 1.62. The number of amides is 2. The molecule has 2 amide bonds. The van der Waals surface area contributed by atoms with E-state index in [2.05, 4.69) is 15.5 Å². The largest absolute Gasteiger partial charge is 0.320 e. The fraction of sp³-hybridized carbons (Fsp3) is 0.103. The SMILES string of the molecule is CN(C)Cc1ccc(C(=O)Nc2cc(-c3ccccc3)ccc2NC(=O)c2ccc(F)cc2)cc1. The van der Waals surface area contributed by atoms with Crippen LogP contribution in [0.3, 0.4) is 0 Å². The molecular formula is C29H26FN3O2. The van der Waals surface area contributed by atoms with Gasteiger partial charge in [0.15, 0.2) is 0 Å². The molecule has 4 rings (SSSR count). The van der Waals surface area contributed by atoms with Gasteiger partial charge in [-0.3, -0.25) is 9.59 Å². The Morgan fingerprint density at radius 3 is 1.86 bits per heavy atom. The molecule has 0 spiro atoms. The molecule has 0 heterocycles. The summed E-state index contributed by atoms with van der Waals surface area (Å²) in [6.45, 7) is 0.778. The first kappa shape index (κ1) is 23.9. The molecule has 0 fully saturated rings. The third kappa shape index (κ3) is 6.19. The zero-order chi connectivity index (χ0) is 24.8. The molecular weight excluding hydrogens is 441 g/mol. The van der Waals surface area contributed by atoms with Gasteiger partial charge in [-0.15, -0.1) is 0 Å². The quantitative estimate of drug-likeness (QED) is 0.347. The van der Waals surface area contributed by atoms with Crippen LogP contribution in [0.4, 0.5) is 15.8 Å². The lowest BCUT2D eigenvalue weighted by Gasteiger charge is -2.15. The van der Waals surface area contributed by atoms with Crippen LogP contribution >= 0.6 is 0 Å². The maximum atomic E-state index is 13.3. The fourth-order valence-electron chi connectivity index (χ4n) is 3.68. The Kier molecular flexibility index (Phi) is 7.33. The predicted molar refractivity (Wildman–Crippen MR) is 138 cm³/mol. The minimum atomic E-state index is -0.418. The number of benzene rings is 4. The topological polar surface area (TPSA) is 61.4 Å². The van der Waals surface area contributed by atoms with Gasteiger partial charge in [0.2, 0.25) is 0 Å². The summed E-state index contributed by atoms with van der Waals surface area (Å²) >= 11 is 0. The van der Waals surface area contributed by atoms with Gasteiger partial charge in [-0.2, -0.15) is 0 Å². The van der Waals surface area contributed by atoms with Crippen molar-refractivity contribution < 1.29 is 14.0 Å². The highest BCUT2D eigenvalue weighted by molar-refractivity contribution is 6.10. The Hall–Kier alpha value is -4.29. The highest BCUT2D eigenvalue weighted by atomic mass is 19.1. The number of hydrogen-bond donors (Lipinski definition) is 2. The van der Waals surface area contributed by atoms with E-state index in [1.165, 1.54) is 24.3 Å². The molecule has 5 nitrogen and oxygen atoms in total. The molecule has 0 aromatic heterocycles. The number of nitrogens with one attached hydrogen (secondary N) is 2. The van der Waals surface area contributed by atoms with E-state index in [9.17, 15) is 14.0 Å². The molecule has 4 aromatic rings. The van der Waals surface area contributed by atoms with Gasteiger partial charge in [0.1, 0.15) is 5.82 Å². The third-order valence-corrected chi connectivity index (χ3v) is 5.44. The molecule has 0 aliphatic heterocycles. The Labute approximate surface area is 204 Å². The van der Waals surface area contributed by atoms with E-state index in [1.54, 1.807) is 18.2 Å². The van der Waals surface area contributed by atoms with Gasteiger partial charge in [0, 0.05) is 17.7 Å². The minimum Gasteiger partial charge on any atom is -0.320 e. The molecule has 2 N–H and O–H groups in total. The summed E-state index contributed by atoms with van der Waals surface area (Å²) in [6, 6.07) is 27.9. The third-order valence-electron chi connectivity index (χ3n) is 5.44. The van der Waals surface area contributed by atoms with Crippen molar-refractivity contribution in [1.82, 2.24) is 4.90 Å². The van der Waals surface area contributed by atoms with E-state index in [-0.39, 0.29) is 5.91 Å². The average Bonchev–Trinajstić information content (AvgIpc) is 2.86. The van der Waals surface area contributed by atoms with Crippen molar-refractivity contribution in [2.75, 3.05) is 24.7 Å². The second-order valence-electron chi connectivity index (χ2n) is 8.48. The van der Waals surface area contributed by atoms with Gasteiger partial charge in [0.25, 0.3) is 11.8 Å². The van der Waals surface area contributed by atoms with Gasteiger partial charge in [-0.25, -0.2) is 4.39 Å². The molecule has 0 bridgehead atoms. The second kappa shape index (κ2) is 10.8. The molecule has 6 heteroatoms. The summed E-state index contributed by atoms with van der Waals surface area (Å²) in [7, 11) is 3.98. The van der Waals surface area contributed by atoms with Crippen LogP contribution in [0, 0.1) is 5.82 Å². The maximum Gasteiger partial charge on any atom is 0.255 e. The van der Waals surface area contributed by atoms with E-state index in [4.69, 9.17) is 0 Å². The van der Waals surface area contributed by atoms with Crippen molar-refractivity contribution in [3.05, 3.63) is 120 Å². The van der Waals surface area contributed by atoms with Crippen LogP contribution in [-0.4, -0.2) is 30.8 Å². The molecule has 0 unspecified atom stereocenters. The summed E-state index contributed by atoms with van der Waals surface area (Å²) in [6.07, 6.45) is 0. The standard InChI is InChI=1S/C29H26FN3O2/c1-33(2)19-20-8-10-22(11-9-20)29(35)32-27-18-24(21-6-4-3-5-7-21)14-17-26(27)31-28(34)23-12-15-25(30)16-13-23/h3-18H,19H2,1-2H3,(H,31,34)(H,32,35). The van der Waals surface area contributed by atoms with Crippen molar-refractivity contribution in [2.45, 2.75) is 6.54 Å². The normalized spacial score (nSPS) is 10.7. The van der Waals surface area contributed by atoms with E-state index < -0.39 is 11.7 Å². The number of halogens is 1. The summed E-state index contributed by atoms with van der Waals surface area (Å²) < 4.78 is 13.3. The summed E-state index contributed by atoms with van der Waals surface area (Å²) in [5, 5.41) is 5.77. The minimum absolute atomic E-state index is 0.288. The van der Waals surface area contributed by atoms with Crippen molar-refractivity contribution in [3.63, 3.8) is 0 Å². The molecule has 176 valence electrons. The van der Waals surface area contributed by atoms with Crippen molar-refractivity contribution in [3.8, 4) is 11.1 Å². The van der Waals surface area contributed by atoms with Crippen molar-refractivity contribution >= 4 is 23.2 Å². The maximum absolute atomic E-state index is 13.3. The molecule has 0 radical (unpaired) electrons. The Morgan fingerprint density at radius 2 is 1.26 bits per heavy atom. The van der Waals surface area contributed by atoms with Crippen LogP contribution in [0.5, 0.6) is 0 Å². The highest BCUT2D eigenvalue weighted by Gasteiger charge is 2.14. The monoisotopic (exact) mass is 467 g/mol. The number of carbonyl (C=O) groups excluding carboxylic acids is 2. The van der Waals surface area contributed by atoms with Gasteiger partial charge < -0.3 is 15.5 Å². The number of carbonyl (C=O) groups is 2. The van der Waals surface area contributed by atoms with Crippen molar-refractivity contribution in [1.29, 1.82) is 0 Å². The highest BCUT2D eigenvalue weighted by Crippen LogP contribution is 2.30. The smallest absolute Gasteiger partial charge is 0.255 e. The summed E-state index contributed by atoms with van der Waals surface area (Å²) in [5.74, 6) is -1.11. The van der Waals surface area contributed by atoms with Crippen LogP contribution in [0.25, 0.3) is 11.1 Å². The fourth-order valence-corrected chi connectivity index (χ4v) is 3.68. The molecule has 0 saturated carbocycles. The van der Waals surface area contributed by atoms with E-state index in [1.807, 2.05) is 68.7 Å². The van der Waals surface area contributed by atoms with Gasteiger partial charge in [-0.1, -0.05) is 48.5 Å².